The molecule has 1 aromatic heterocycles. The summed E-state index contributed by atoms with van der Waals surface area (Å²) in [6, 6.07) is 18.8. The van der Waals surface area contributed by atoms with Crippen LogP contribution in [-0.4, -0.2) is 43.0 Å². The van der Waals surface area contributed by atoms with Gasteiger partial charge in [-0.25, -0.2) is 9.37 Å². The zero-order valence-corrected chi connectivity index (χ0v) is 18.5. The van der Waals surface area contributed by atoms with Gasteiger partial charge in [-0.3, -0.25) is 9.59 Å². The lowest BCUT2D eigenvalue weighted by Crippen LogP contribution is -2.37. The average Bonchev–Trinajstić information content (AvgIpc) is 2.86. The van der Waals surface area contributed by atoms with Crippen molar-refractivity contribution in [2.24, 2.45) is 5.73 Å². The Bertz CT molecular complexity index is 1210. The maximum atomic E-state index is 13.5. The molecule has 0 spiro atoms. The van der Waals surface area contributed by atoms with Crippen LogP contribution in [0.15, 0.2) is 60.7 Å². The molecular formula is C25H25FN6O2. The van der Waals surface area contributed by atoms with Crippen molar-refractivity contribution in [2.75, 3.05) is 31.5 Å². The summed E-state index contributed by atoms with van der Waals surface area (Å²) >= 11 is 0. The molecule has 0 radical (unpaired) electrons. The van der Waals surface area contributed by atoms with Crippen LogP contribution >= 0.6 is 0 Å². The highest BCUT2D eigenvalue weighted by Gasteiger charge is 2.15. The van der Waals surface area contributed by atoms with Gasteiger partial charge in [0, 0.05) is 25.2 Å². The fraction of sp³-hybridized carbons (Fsp3) is 0.200. The number of benzene rings is 2. The quantitative estimate of drug-likeness (QED) is 0.343. The molecule has 0 aliphatic rings. The highest BCUT2D eigenvalue weighted by molar-refractivity contribution is 5.99. The van der Waals surface area contributed by atoms with Crippen molar-refractivity contribution in [1.29, 1.82) is 5.26 Å². The first-order chi connectivity index (χ1) is 16.5. The first-order valence-electron chi connectivity index (χ1n) is 10.8. The van der Waals surface area contributed by atoms with Crippen molar-refractivity contribution in [3.05, 3.63) is 83.2 Å². The van der Waals surface area contributed by atoms with E-state index in [1.54, 1.807) is 36.4 Å². The summed E-state index contributed by atoms with van der Waals surface area (Å²) in [6.07, 6.45) is 0.518. The minimum Gasteiger partial charge on any atom is -0.369 e. The number of nitriles is 1. The van der Waals surface area contributed by atoms with Gasteiger partial charge in [0.2, 0.25) is 5.91 Å². The van der Waals surface area contributed by atoms with E-state index in [2.05, 4.69) is 27.0 Å². The molecule has 174 valence electrons. The number of halogens is 1. The molecule has 0 saturated heterocycles. The zero-order valence-electron chi connectivity index (χ0n) is 18.5. The van der Waals surface area contributed by atoms with Crippen LogP contribution < -0.4 is 21.7 Å². The molecule has 0 aliphatic carbocycles. The molecule has 1 heterocycles. The summed E-state index contributed by atoms with van der Waals surface area (Å²) in [4.78, 5) is 28.7. The number of aromatic nitrogens is 1. The van der Waals surface area contributed by atoms with E-state index < -0.39 is 0 Å². The number of hydrogen-bond donors (Lipinski definition) is 4. The predicted molar refractivity (Wildman–Crippen MR) is 127 cm³/mol. The van der Waals surface area contributed by atoms with Crippen LogP contribution in [0, 0.1) is 17.1 Å². The Kier molecular flexibility index (Phi) is 8.66. The van der Waals surface area contributed by atoms with E-state index in [9.17, 15) is 19.2 Å². The number of rotatable bonds is 10. The predicted octanol–water partition coefficient (Wildman–Crippen LogP) is 2.22. The van der Waals surface area contributed by atoms with Crippen molar-refractivity contribution in [3.63, 3.8) is 0 Å². The minimum atomic E-state index is -0.372. The molecule has 34 heavy (non-hydrogen) atoms. The second-order valence-electron chi connectivity index (χ2n) is 7.37. The summed E-state index contributed by atoms with van der Waals surface area (Å²) < 4.78 is 13.5. The van der Waals surface area contributed by atoms with E-state index in [-0.39, 0.29) is 37.3 Å². The van der Waals surface area contributed by atoms with Crippen LogP contribution in [0.25, 0.3) is 11.3 Å². The van der Waals surface area contributed by atoms with Crippen molar-refractivity contribution in [2.45, 2.75) is 6.42 Å². The molecule has 0 saturated carbocycles. The van der Waals surface area contributed by atoms with E-state index in [1.807, 2.05) is 12.1 Å². The van der Waals surface area contributed by atoms with Crippen LogP contribution in [0.5, 0.6) is 0 Å². The Hall–Kier alpha value is -4.29. The van der Waals surface area contributed by atoms with Crippen molar-refractivity contribution in [1.82, 2.24) is 15.6 Å². The van der Waals surface area contributed by atoms with Gasteiger partial charge in [-0.2, -0.15) is 5.26 Å². The summed E-state index contributed by atoms with van der Waals surface area (Å²) in [5.41, 5.74) is 8.01. The number of amides is 2. The number of carbonyl (C=O) groups is 2. The Labute approximate surface area is 197 Å². The molecule has 0 atom stereocenters. The standard InChI is InChI=1S/C25H25FN6O2/c26-19-6-3-4-17(14-19)10-11-30-24-21(25(34)31-13-12-29-23(33)16-28)8-9-22(32-24)20-7-2-1-5-18(20)15-27/h1-9,14H,10-13,16,28H2,(H,29,33)(H,30,32)(H,31,34). The maximum absolute atomic E-state index is 13.5. The number of nitrogens with zero attached hydrogens (tertiary/aromatic N) is 2. The first kappa shape index (κ1) is 24.4. The molecule has 3 rings (SSSR count). The third-order valence-corrected chi connectivity index (χ3v) is 4.98. The van der Waals surface area contributed by atoms with Crippen LogP contribution in [0.3, 0.4) is 0 Å². The smallest absolute Gasteiger partial charge is 0.255 e. The minimum absolute atomic E-state index is 0.122. The summed E-state index contributed by atoms with van der Waals surface area (Å²) in [5, 5.41) is 17.9. The molecule has 8 nitrogen and oxygen atoms in total. The van der Waals surface area contributed by atoms with Crippen molar-refractivity contribution < 1.29 is 14.0 Å². The lowest BCUT2D eigenvalue weighted by molar-refractivity contribution is -0.119. The molecule has 3 aromatic rings. The van der Waals surface area contributed by atoms with Crippen LogP contribution in [0.1, 0.15) is 21.5 Å². The van der Waals surface area contributed by atoms with Gasteiger partial charge in [-0.1, -0.05) is 30.3 Å². The number of hydrogen-bond acceptors (Lipinski definition) is 6. The SMILES string of the molecule is N#Cc1ccccc1-c1ccc(C(=O)NCCNC(=O)CN)c(NCCc2cccc(F)c2)n1. The summed E-state index contributed by atoms with van der Waals surface area (Å²) in [7, 11) is 0. The number of carbonyl (C=O) groups excluding carboxylic acids is 2. The fourth-order valence-corrected chi connectivity index (χ4v) is 3.29. The molecule has 0 unspecified atom stereocenters. The van der Waals surface area contributed by atoms with E-state index in [0.29, 0.717) is 41.2 Å². The Balaban J connectivity index is 1.79. The second kappa shape index (κ2) is 12.1. The molecule has 9 heteroatoms. The van der Waals surface area contributed by atoms with Gasteiger partial charge < -0.3 is 21.7 Å². The third-order valence-electron chi connectivity index (χ3n) is 4.98. The Morgan fingerprint density at radius 2 is 1.79 bits per heavy atom. The van der Waals surface area contributed by atoms with Gasteiger partial charge in [0.25, 0.3) is 5.91 Å². The molecule has 2 amide bonds. The summed E-state index contributed by atoms with van der Waals surface area (Å²) in [5.74, 6) is -0.656. The molecular weight excluding hydrogens is 435 g/mol. The topological polar surface area (TPSA) is 133 Å². The normalized spacial score (nSPS) is 10.3. The van der Waals surface area contributed by atoms with Gasteiger partial charge in [0.1, 0.15) is 11.6 Å². The molecule has 0 fully saturated rings. The molecule has 0 bridgehead atoms. The van der Waals surface area contributed by atoms with Crippen LogP contribution in [0.2, 0.25) is 0 Å². The third kappa shape index (κ3) is 6.60. The van der Waals surface area contributed by atoms with E-state index >= 15 is 0 Å². The summed E-state index contributed by atoms with van der Waals surface area (Å²) in [6.45, 7) is 0.743. The largest absolute Gasteiger partial charge is 0.369 e. The number of anilines is 1. The molecule has 0 aliphatic heterocycles. The number of nitrogens with two attached hydrogens (primary N) is 1. The van der Waals surface area contributed by atoms with E-state index in [4.69, 9.17) is 5.73 Å². The average molecular weight is 461 g/mol. The Morgan fingerprint density at radius 1 is 1.00 bits per heavy atom. The van der Waals surface area contributed by atoms with Crippen LogP contribution in [0.4, 0.5) is 10.2 Å². The van der Waals surface area contributed by atoms with E-state index in [0.717, 1.165) is 5.56 Å². The maximum Gasteiger partial charge on any atom is 0.255 e. The van der Waals surface area contributed by atoms with Gasteiger partial charge >= 0.3 is 0 Å². The highest BCUT2D eigenvalue weighted by Crippen LogP contribution is 2.25. The lowest BCUT2D eigenvalue weighted by atomic mass is 10.0. The van der Waals surface area contributed by atoms with Gasteiger partial charge in [0.05, 0.1) is 29.4 Å². The zero-order chi connectivity index (χ0) is 24.3. The van der Waals surface area contributed by atoms with Crippen molar-refractivity contribution >= 4 is 17.6 Å². The Morgan fingerprint density at radius 3 is 2.56 bits per heavy atom. The van der Waals surface area contributed by atoms with Crippen LogP contribution in [-0.2, 0) is 11.2 Å². The number of pyridine rings is 1. The highest BCUT2D eigenvalue weighted by atomic mass is 19.1. The lowest BCUT2D eigenvalue weighted by Gasteiger charge is -2.14. The molecule has 5 N–H and O–H groups in total. The fourth-order valence-electron chi connectivity index (χ4n) is 3.29. The van der Waals surface area contributed by atoms with Gasteiger partial charge in [-0.05, 0) is 42.3 Å². The van der Waals surface area contributed by atoms with E-state index in [1.165, 1.54) is 12.1 Å². The number of nitrogens with one attached hydrogen (secondary N) is 3. The first-order valence-corrected chi connectivity index (χ1v) is 10.8. The van der Waals surface area contributed by atoms with Crippen molar-refractivity contribution in [3.8, 4) is 17.3 Å². The monoisotopic (exact) mass is 460 g/mol. The second-order valence-corrected chi connectivity index (χ2v) is 7.37. The van der Waals surface area contributed by atoms with Gasteiger partial charge in [-0.15, -0.1) is 0 Å². The van der Waals surface area contributed by atoms with Gasteiger partial charge in [0.15, 0.2) is 0 Å². The molecule has 2 aromatic carbocycles.